The molecule has 0 fully saturated rings. The molecule has 2 aromatic rings. The molecule has 2 rings (SSSR count). The molecule has 0 aromatic heterocycles. The summed E-state index contributed by atoms with van der Waals surface area (Å²) in [7, 11) is 3.39. The summed E-state index contributed by atoms with van der Waals surface area (Å²) >= 11 is 0. The van der Waals surface area contributed by atoms with Crippen molar-refractivity contribution in [2.45, 2.75) is 0 Å². The molecule has 5 heteroatoms. The van der Waals surface area contributed by atoms with Gasteiger partial charge in [0.15, 0.2) is 0 Å². The van der Waals surface area contributed by atoms with Crippen LogP contribution in [-0.2, 0) is 0 Å². The number of para-hydroxylation sites is 1. The fraction of sp³-hybridized carbons (Fsp3) is 0.125. The summed E-state index contributed by atoms with van der Waals surface area (Å²) in [4.78, 5) is 13.5. The smallest absolute Gasteiger partial charge is 0.251 e. The maximum Gasteiger partial charge on any atom is 0.251 e. The fourth-order valence-electron chi connectivity index (χ4n) is 2.11. The molecule has 21 heavy (non-hydrogen) atoms. The van der Waals surface area contributed by atoms with Gasteiger partial charge in [-0.2, -0.15) is 5.26 Å². The number of hydrogen-bond donors (Lipinski definition) is 2. The monoisotopic (exact) mass is 280 g/mol. The van der Waals surface area contributed by atoms with E-state index in [2.05, 4.69) is 11.4 Å². The average Bonchev–Trinajstić information content (AvgIpc) is 2.53. The molecule has 0 radical (unpaired) electrons. The maximum absolute atomic E-state index is 11.7. The Bertz CT molecular complexity index is 718. The number of anilines is 3. The van der Waals surface area contributed by atoms with Crippen LogP contribution in [0.4, 0.5) is 17.1 Å². The Labute approximate surface area is 123 Å². The van der Waals surface area contributed by atoms with Crippen LogP contribution in [0.1, 0.15) is 15.9 Å². The van der Waals surface area contributed by atoms with Gasteiger partial charge >= 0.3 is 0 Å². The maximum atomic E-state index is 11.7. The average molecular weight is 280 g/mol. The molecule has 0 saturated heterocycles. The number of rotatable bonds is 3. The minimum absolute atomic E-state index is 0.182. The van der Waals surface area contributed by atoms with Gasteiger partial charge in [0.2, 0.25) is 0 Å². The summed E-state index contributed by atoms with van der Waals surface area (Å²) in [6.45, 7) is 0. The third kappa shape index (κ3) is 2.79. The zero-order valence-electron chi connectivity index (χ0n) is 11.9. The summed E-state index contributed by atoms with van der Waals surface area (Å²) in [5, 5.41) is 11.8. The van der Waals surface area contributed by atoms with Crippen molar-refractivity contribution in [1.82, 2.24) is 5.32 Å². The summed E-state index contributed by atoms with van der Waals surface area (Å²) in [5.74, 6) is -0.182. The number of carbonyl (C=O) groups excluding carboxylic acids is 1. The second-order valence-electron chi connectivity index (χ2n) is 4.54. The lowest BCUT2D eigenvalue weighted by Crippen LogP contribution is -2.19. The van der Waals surface area contributed by atoms with Crippen LogP contribution in [0.5, 0.6) is 0 Å². The van der Waals surface area contributed by atoms with E-state index in [1.165, 1.54) is 0 Å². The van der Waals surface area contributed by atoms with E-state index in [4.69, 9.17) is 5.73 Å². The van der Waals surface area contributed by atoms with Gasteiger partial charge in [-0.25, -0.2) is 0 Å². The van der Waals surface area contributed by atoms with Crippen molar-refractivity contribution >= 4 is 23.0 Å². The third-order valence-corrected chi connectivity index (χ3v) is 3.27. The highest BCUT2D eigenvalue weighted by atomic mass is 16.1. The van der Waals surface area contributed by atoms with Gasteiger partial charge in [-0.3, -0.25) is 4.79 Å². The Morgan fingerprint density at radius 2 is 1.95 bits per heavy atom. The molecule has 0 unspecified atom stereocenters. The van der Waals surface area contributed by atoms with Crippen LogP contribution >= 0.6 is 0 Å². The van der Waals surface area contributed by atoms with Crippen LogP contribution in [0, 0.1) is 11.3 Å². The number of nitrogens with two attached hydrogens (primary N) is 1. The van der Waals surface area contributed by atoms with E-state index >= 15 is 0 Å². The topological polar surface area (TPSA) is 82.2 Å². The number of hydrogen-bond acceptors (Lipinski definition) is 4. The lowest BCUT2D eigenvalue weighted by molar-refractivity contribution is 0.0963. The molecule has 0 saturated carbocycles. The summed E-state index contributed by atoms with van der Waals surface area (Å²) in [6.07, 6.45) is 0. The van der Waals surface area contributed by atoms with Gasteiger partial charge in [0, 0.05) is 19.7 Å². The number of amides is 1. The second-order valence-corrected chi connectivity index (χ2v) is 4.54. The van der Waals surface area contributed by atoms with Gasteiger partial charge in [0.05, 0.1) is 22.6 Å². The van der Waals surface area contributed by atoms with Crippen molar-refractivity contribution in [3.63, 3.8) is 0 Å². The van der Waals surface area contributed by atoms with Crippen LogP contribution in [-0.4, -0.2) is 20.0 Å². The van der Waals surface area contributed by atoms with Gasteiger partial charge in [0.1, 0.15) is 6.07 Å². The number of nitrogens with zero attached hydrogens (tertiary/aromatic N) is 2. The standard InChI is InChI=1S/C16H16N4O/c1-19-16(21)11-7-8-13(18)15(9-11)20(2)14-6-4-3-5-12(14)10-17/h3-9H,18H2,1-2H3,(H,19,21). The molecule has 0 aliphatic heterocycles. The zero-order chi connectivity index (χ0) is 15.4. The highest BCUT2D eigenvalue weighted by Gasteiger charge is 2.14. The Kier molecular flexibility index (Phi) is 4.10. The van der Waals surface area contributed by atoms with E-state index in [0.717, 1.165) is 5.69 Å². The molecule has 0 spiro atoms. The molecule has 3 N–H and O–H groups in total. The molecule has 106 valence electrons. The largest absolute Gasteiger partial charge is 0.397 e. The lowest BCUT2D eigenvalue weighted by Gasteiger charge is -2.22. The lowest BCUT2D eigenvalue weighted by atomic mass is 10.1. The highest BCUT2D eigenvalue weighted by Crippen LogP contribution is 2.31. The highest BCUT2D eigenvalue weighted by molar-refractivity contribution is 5.96. The van der Waals surface area contributed by atoms with E-state index in [1.807, 2.05) is 19.2 Å². The molecule has 0 heterocycles. The second kappa shape index (κ2) is 5.97. The summed E-state index contributed by atoms with van der Waals surface area (Å²) < 4.78 is 0. The van der Waals surface area contributed by atoms with E-state index in [1.54, 1.807) is 42.3 Å². The zero-order valence-corrected chi connectivity index (χ0v) is 11.9. The normalized spacial score (nSPS) is 9.76. The molecule has 2 aromatic carbocycles. The van der Waals surface area contributed by atoms with Crippen molar-refractivity contribution in [3.8, 4) is 6.07 Å². The van der Waals surface area contributed by atoms with Gasteiger partial charge < -0.3 is 16.0 Å². The van der Waals surface area contributed by atoms with E-state index in [9.17, 15) is 10.1 Å². The predicted molar refractivity (Wildman–Crippen MR) is 83.5 cm³/mol. The van der Waals surface area contributed by atoms with Crippen LogP contribution in [0.2, 0.25) is 0 Å². The Morgan fingerprint density at radius 1 is 1.24 bits per heavy atom. The first-order valence-corrected chi connectivity index (χ1v) is 6.43. The molecule has 0 aliphatic carbocycles. The van der Waals surface area contributed by atoms with Gasteiger partial charge in [0.25, 0.3) is 5.91 Å². The predicted octanol–water partition coefficient (Wildman–Crippen LogP) is 2.27. The van der Waals surface area contributed by atoms with Gasteiger partial charge in [-0.05, 0) is 30.3 Å². The Balaban J connectivity index is 2.50. The van der Waals surface area contributed by atoms with Gasteiger partial charge in [-0.1, -0.05) is 12.1 Å². The molecule has 5 nitrogen and oxygen atoms in total. The molecule has 0 atom stereocenters. The van der Waals surface area contributed by atoms with Gasteiger partial charge in [-0.15, -0.1) is 0 Å². The molecule has 1 amide bonds. The van der Waals surface area contributed by atoms with Crippen molar-refractivity contribution < 1.29 is 4.79 Å². The number of nitrogens with one attached hydrogen (secondary N) is 1. The molecule has 0 bridgehead atoms. The number of nitrogen functional groups attached to an aromatic ring is 1. The number of nitriles is 1. The fourth-order valence-corrected chi connectivity index (χ4v) is 2.11. The first-order valence-electron chi connectivity index (χ1n) is 6.43. The first kappa shape index (κ1) is 14.4. The van der Waals surface area contributed by atoms with E-state index in [-0.39, 0.29) is 5.91 Å². The SMILES string of the molecule is CNC(=O)c1ccc(N)c(N(C)c2ccccc2C#N)c1. The molecular formula is C16H16N4O. The van der Waals surface area contributed by atoms with E-state index < -0.39 is 0 Å². The van der Waals surface area contributed by atoms with Crippen LogP contribution in [0.15, 0.2) is 42.5 Å². The van der Waals surface area contributed by atoms with Crippen molar-refractivity contribution in [2.75, 3.05) is 24.7 Å². The van der Waals surface area contributed by atoms with Crippen LogP contribution in [0.25, 0.3) is 0 Å². The van der Waals surface area contributed by atoms with E-state index in [0.29, 0.717) is 22.5 Å². The molecule has 0 aliphatic rings. The van der Waals surface area contributed by atoms with Crippen molar-refractivity contribution in [3.05, 3.63) is 53.6 Å². The van der Waals surface area contributed by atoms with Crippen molar-refractivity contribution in [2.24, 2.45) is 0 Å². The number of benzene rings is 2. The van der Waals surface area contributed by atoms with Crippen LogP contribution < -0.4 is 16.0 Å². The summed E-state index contributed by atoms with van der Waals surface area (Å²) in [5.41, 5.74) is 9.02. The quantitative estimate of drug-likeness (QED) is 0.845. The van der Waals surface area contributed by atoms with Crippen LogP contribution in [0.3, 0.4) is 0 Å². The van der Waals surface area contributed by atoms with Crippen molar-refractivity contribution in [1.29, 1.82) is 5.26 Å². The minimum atomic E-state index is -0.182. The first-order chi connectivity index (χ1) is 10.1. The minimum Gasteiger partial charge on any atom is -0.397 e. The summed E-state index contributed by atoms with van der Waals surface area (Å²) in [6, 6.07) is 14.5. The third-order valence-electron chi connectivity index (χ3n) is 3.27. The molecular weight excluding hydrogens is 264 g/mol. The Hall–Kier alpha value is -3.00. The Morgan fingerprint density at radius 3 is 2.62 bits per heavy atom. The number of carbonyl (C=O) groups is 1.